The molecule has 0 unspecified atom stereocenters. The molecule has 4 aliphatic rings. The fourth-order valence-electron chi connectivity index (χ4n) is 5.65. The number of anilines is 1. The van der Waals surface area contributed by atoms with Crippen molar-refractivity contribution in [1.82, 2.24) is 5.32 Å². The van der Waals surface area contributed by atoms with Crippen molar-refractivity contribution in [3.8, 4) is 0 Å². The van der Waals surface area contributed by atoms with Crippen LogP contribution >= 0.6 is 0 Å². The predicted molar refractivity (Wildman–Crippen MR) is 95.4 cm³/mol. The van der Waals surface area contributed by atoms with E-state index in [0.717, 1.165) is 23.3 Å². The molecule has 4 bridgehead atoms. The Morgan fingerprint density at radius 1 is 1.20 bits per heavy atom. The van der Waals surface area contributed by atoms with Crippen LogP contribution in [0.15, 0.2) is 18.2 Å². The van der Waals surface area contributed by atoms with Gasteiger partial charge in [-0.15, -0.1) is 0 Å². The normalized spacial score (nSPS) is 32.6. The number of nitrogens with zero attached hydrogens (tertiary/aromatic N) is 1. The Morgan fingerprint density at radius 2 is 1.80 bits per heavy atom. The lowest BCUT2D eigenvalue weighted by molar-refractivity contribution is -0.384. The molecule has 4 fully saturated rings. The Hall–Kier alpha value is -1.95. The third-order valence-electron chi connectivity index (χ3n) is 6.37. The Morgan fingerprint density at radius 3 is 2.36 bits per heavy atom. The summed E-state index contributed by atoms with van der Waals surface area (Å²) in [4.78, 5) is 22.9. The number of hydrogen-bond acceptors (Lipinski definition) is 4. The number of carbonyl (C=O) groups excluding carboxylic acids is 1. The van der Waals surface area contributed by atoms with Gasteiger partial charge in [-0.3, -0.25) is 14.9 Å². The lowest BCUT2D eigenvalue weighted by atomic mass is 9.53. The Bertz CT molecular complexity index is 681. The van der Waals surface area contributed by atoms with Crippen molar-refractivity contribution < 1.29 is 9.72 Å². The van der Waals surface area contributed by atoms with Crippen LogP contribution in [0.4, 0.5) is 11.4 Å². The number of rotatable bonds is 5. The van der Waals surface area contributed by atoms with Gasteiger partial charge in [-0.2, -0.15) is 0 Å². The van der Waals surface area contributed by atoms with Crippen molar-refractivity contribution in [2.45, 2.75) is 51.0 Å². The molecule has 0 spiro atoms. The number of benzene rings is 1. The van der Waals surface area contributed by atoms with E-state index in [9.17, 15) is 14.9 Å². The van der Waals surface area contributed by atoms with Crippen LogP contribution in [0.25, 0.3) is 0 Å². The summed E-state index contributed by atoms with van der Waals surface area (Å²) in [6.07, 6.45) is 7.71. The van der Waals surface area contributed by atoms with Gasteiger partial charge in [0.25, 0.3) is 5.69 Å². The number of nitro benzene ring substituents is 1. The van der Waals surface area contributed by atoms with Gasteiger partial charge >= 0.3 is 0 Å². The molecule has 0 aliphatic heterocycles. The molecule has 1 aromatic carbocycles. The van der Waals surface area contributed by atoms with E-state index >= 15 is 0 Å². The van der Waals surface area contributed by atoms with Gasteiger partial charge in [-0.25, -0.2) is 0 Å². The molecule has 0 heterocycles. The standard InChI is InChI=1S/C19H25N3O3/c1-12-2-3-16(22(24)25)7-17(12)21-18(23)11-20-19-8-13-4-14(9-19)6-15(5-13)10-19/h2-3,7,13-15,20H,4-6,8-11H2,1H3,(H,21,23). The Balaban J connectivity index is 1.39. The highest BCUT2D eigenvalue weighted by Crippen LogP contribution is 2.55. The number of hydrogen-bond donors (Lipinski definition) is 2. The third-order valence-corrected chi connectivity index (χ3v) is 6.37. The molecule has 0 aromatic heterocycles. The molecular formula is C19H25N3O3. The first-order valence-electron chi connectivity index (χ1n) is 9.22. The van der Waals surface area contributed by atoms with Crippen molar-refractivity contribution in [3.63, 3.8) is 0 Å². The first-order valence-corrected chi connectivity index (χ1v) is 9.22. The van der Waals surface area contributed by atoms with E-state index in [-0.39, 0.29) is 23.7 Å². The molecule has 4 saturated carbocycles. The zero-order chi connectivity index (χ0) is 17.6. The van der Waals surface area contributed by atoms with Crippen molar-refractivity contribution in [3.05, 3.63) is 33.9 Å². The minimum absolute atomic E-state index is 0.00468. The van der Waals surface area contributed by atoms with E-state index in [0.29, 0.717) is 5.69 Å². The highest BCUT2D eigenvalue weighted by Gasteiger charge is 2.50. The van der Waals surface area contributed by atoms with Crippen LogP contribution in [-0.4, -0.2) is 22.9 Å². The molecular weight excluding hydrogens is 318 g/mol. The number of carbonyl (C=O) groups is 1. The maximum absolute atomic E-state index is 12.4. The summed E-state index contributed by atoms with van der Waals surface area (Å²) in [6, 6.07) is 4.55. The molecule has 2 N–H and O–H groups in total. The molecule has 1 aromatic rings. The molecule has 1 amide bonds. The van der Waals surface area contributed by atoms with Gasteiger partial charge in [0.15, 0.2) is 0 Å². The van der Waals surface area contributed by atoms with Gasteiger partial charge in [0, 0.05) is 17.7 Å². The van der Waals surface area contributed by atoms with Crippen LogP contribution in [0.1, 0.15) is 44.1 Å². The molecule has 6 heteroatoms. The lowest BCUT2D eigenvalue weighted by Gasteiger charge is -2.57. The van der Waals surface area contributed by atoms with Gasteiger partial charge in [0.05, 0.1) is 17.2 Å². The number of amides is 1. The van der Waals surface area contributed by atoms with Crippen LogP contribution in [-0.2, 0) is 4.79 Å². The summed E-state index contributed by atoms with van der Waals surface area (Å²) in [7, 11) is 0. The molecule has 134 valence electrons. The molecule has 0 atom stereocenters. The van der Waals surface area contributed by atoms with E-state index in [1.165, 1.54) is 50.7 Å². The Labute approximate surface area is 147 Å². The minimum atomic E-state index is -0.442. The van der Waals surface area contributed by atoms with Crippen LogP contribution in [0.5, 0.6) is 0 Å². The SMILES string of the molecule is Cc1ccc([N+](=O)[O-])cc1NC(=O)CNC12CC3CC(CC(C3)C1)C2. The first-order chi connectivity index (χ1) is 11.9. The summed E-state index contributed by atoms with van der Waals surface area (Å²) in [5.74, 6) is 2.38. The Kier molecular flexibility index (Phi) is 4.02. The highest BCUT2D eigenvalue weighted by molar-refractivity contribution is 5.93. The lowest BCUT2D eigenvalue weighted by Crippen LogP contribution is -2.59. The van der Waals surface area contributed by atoms with Crippen molar-refractivity contribution in [1.29, 1.82) is 0 Å². The zero-order valence-corrected chi connectivity index (χ0v) is 14.6. The van der Waals surface area contributed by atoms with Gasteiger partial charge in [-0.05, 0) is 68.8 Å². The fraction of sp³-hybridized carbons (Fsp3) is 0.632. The highest BCUT2D eigenvalue weighted by atomic mass is 16.6. The third kappa shape index (κ3) is 3.27. The van der Waals surface area contributed by atoms with Crippen molar-refractivity contribution in [2.24, 2.45) is 17.8 Å². The number of aryl methyl sites for hydroxylation is 1. The van der Waals surface area contributed by atoms with Gasteiger partial charge in [-0.1, -0.05) is 6.07 Å². The molecule has 0 saturated heterocycles. The summed E-state index contributed by atoms with van der Waals surface area (Å²) in [5.41, 5.74) is 1.49. The predicted octanol–water partition coefficient (Wildman–Crippen LogP) is 3.40. The smallest absolute Gasteiger partial charge is 0.271 e. The quantitative estimate of drug-likeness (QED) is 0.634. The second-order valence-corrected chi connectivity index (χ2v) is 8.36. The summed E-state index contributed by atoms with van der Waals surface area (Å²) in [5, 5.41) is 17.3. The zero-order valence-electron chi connectivity index (χ0n) is 14.6. The monoisotopic (exact) mass is 343 g/mol. The van der Waals surface area contributed by atoms with Crippen LogP contribution in [0.3, 0.4) is 0 Å². The van der Waals surface area contributed by atoms with Crippen LogP contribution in [0, 0.1) is 34.8 Å². The fourth-order valence-corrected chi connectivity index (χ4v) is 5.65. The largest absolute Gasteiger partial charge is 0.324 e. The summed E-state index contributed by atoms with van der Waals surface area (Å²) < 4.78 is 0. The van der Waals surface area contributed by atoms with Gasteiger partial charge < -0.3 is 10.6 Å². The van der Waals surface area contributed by atoms with Crippen molar-refractivity contribution >= 4 is 17.3 Å². The van der Waals surface area contributed by atoms with Crippen LogP contribution in [0.2, 0.25) is 0 Å². The number of nitrogens with one attached hydrogen (secondary N) is 2. The molecule has 0 radical (unpaired) electrons. The number of nitro groups is 1. The molecule has 4 aliphatic carbocycles. The van der Waals surface area contributed by atoms with Crippen molar-refractivity contribution in [2.75, 3.05) is 11.9 Å². The average Bonchev–Trinajstić information content (AvgIpc) is 2.54. The average molecular weight is 343 g/mol. The van der Waals surface area contributed by atoms with E-state index < -0.39 is 4.92 Å². The maximum atomic E-state index is 12.4. The molecule has 25 heavy (non-hydrogen) atoms. The van der Waals surface area contributed by atoms with Crippen LogP contribution < -0.4 is 10.6 Å². The van der Waals surface area contributed by atoms with Gasteiger partial charge in [0.1, 0.15) is 0 Å². The second kappa shape index (κ2) is 6.09. The van der Waals surface area contributed by atoms with E-state index in [1.54, 1.807) is 6.07 Å². The molecule has 5 rings (SSSR count). The number of non-ortho nitro benzene ring substituents is 1. The summed E-state index contributed by atoms with van der Waals surface area (Å²) in [6.45, 7) is 2.11. The summed E-state index contributed by atoms with van der Waals surface area (Å²) >= 11 is 0. The van der Waals surface area contributed by atoms with E-state index in [4.69, 9.17) is 0 Å². The minimum Gasteiger partial charge on any atom is -0.324 e. The molecule has 6 nitrogen and oxygen atoms in total. The second-order valence-electron chi connectivity index (χ2n) is 8.36. The van der Waals surface area contributed by atoms with E-state index in [2.05, 4.69) is 10.6 Å². The van der Waals surface area contributed by atoms with E-state index in [1.807, 2.05) is 6.92 Å². The van der Waals surface area contributed by atoms with Gasteiger partial charge in [0.2, 0.25) is 5.91 Å². The maximum Gasteiger partial charge on any atom is 0.271 e. The first kappa shape index (κ1) is 16.5. The topological polar surface area (TPSA) is 84.3 Å².